The van der Waals surface area contributed by atoms with Gasteiger partial charge in [-0.15, -0.1) is 11.3 Å². The summed E-state index contributed by atoms with van der Waals surface area (Å²) in [6.45, 7) is 4.24. The fourth-order valence-corrected chi connectivity index (χ4v) is 2.78. The Balaban J connectivity index is 1.66. The maximum Gasteiger partial charge on any atom is 0.251 e. The van der Waals surface area contributed by atoms with Crippen molar-refractivity contribution in [2.75, 3.05) is 0 Å². The lowest BCUT2D eigenvalue weighted by Crippen LogP contribution is -2.23. The van der Waals surface area contributed by atoms with Crippen molar-refractivity contribution < 1.29 is 9.21 Å². The molecule has 5 heteroatoms. The second-order valence-electron chi connectivity index (χ2n) is 5.02. The van der Waals surface area contributed by atoms with Gasteiger partial charge in [-0.2, -0.15) is 0 Å². The van der Waals surface area contributed by atoms with Crippen molar-refractivity contribution in [3.05, 3.63) is 63.7 Å². The summed E-state index contributed by atoms with van der Waals surface area (Å²) >= 11 is 1.58. The highest BCUT2D eigenvalue weighted by atomic mass is 32.1. The number of rotatable bonds is 4. The Bertz CT molecular complexity index is 804. The molecule has 0 aliphatic rings. The van der Waals surface area contributed by atoms with E-state index in [1.165, 1.54) is 0 Å². The van der Waals surface area contributed by atoms with Gasteiger partial charge in [0, 0.05) is 10.9 Å². The third kappa shape index (κ3) is 3.09. The zero-order valence-electron chi connectivity index (χ0n) is 12.4. The van der Waals surface area contributed by atoms with Crippen molar-refractivity contribution in [2.24, 2.45) is 0 Å². The van der Waals surface area contributed by atoms with Gasteiger partial charge in [0.1, 0.15) is 11.5 Å². The number of hydrogen-bond acceptors (Lipinski definition) is 4. The van der Waals surface area contributed by atoms with E-state index in [9.17, 15) is 4.79 Å². The number of benzene rings is 1. The molecule has 112 valence electrons. The Labute approximate surface area is 132 Å². The summed E-state index contributed by atoms with van der Waals surface area (Å²) in [5, 5.41) is 5.84. The van der Waals surface area contributed by atoms with Gasteiger partial charge in [-0.3, -0.25) is 4.79 Å². The van der Waals surface area contributed by atoms with Gasteiger partial charge < -0.3 is 9.73 Å². The SMILES string of the molecule is Cc1nc(-c2ccc(CNC(=O)c3ccccc3C)o2)cs1. The van der Waals surface area contributed by atoms with Gasteiger partial charge in [0.15, 0.2) is 5.76 Å². The van der Waals surface area contributed by atoms with E-state index in [1.54, 1.807) is 11.3 Å². The maximum absolute atomic E-state index is 12.2. The van der Waals surface area contributed by atoms with Crippen LogP contribution in [0.15, 0.2) is 46.2 Å². The van der Waals surface area contributed by atoms with Crippen LogP contribution in [0.2, 0.25) is 0 Å². The lowest BCUT2D eigenvalue weighted by molar-refractivity contribution is 0.0947. The van der Waals surface area contributed by atoms with Gasteiger partial charge in [-0.1, -0.05) is 18.2 Å². The molecule has 2 aromatic heterocycles. The summed E-state index contributed by atoms with van der Waals surface area (Å²) in [6, 6.07) is 11.3. The molecular formula is C17H16N2O2S. The smallest absolute Gasteiger partial charge is 0.251 e. The molecule has 3 aromatic rings. The molecule has 4 nitrogen and oxygen atoms in total. The second-order valence-corrected chi connectivity index (χ2v) is 6.08. The van der Waals surface area contributed by atoms with E-state index < -0.39 is 0 Å². The van der Waals surface area contributed by atoms with Crippen molar-refractivity contribution in [2.45, 2.75) is 20.4 Å². The Morgan fingerprint density at radius 2 is 2.05 bits per heavy atom. The van der Waals surface area contributed by atoms with Crippen LogP contribution in [-0.2, 0) is 6.54 Å². The van der Waals surface area contributed by atoms with E-state index in [0.29, 0.717) is 17.9 Å². The van der Waals surface area contributed by atoms with Crippen LogP contribution < -0.4 is 5.32 Å². The van der Waals surface area contributed by atoms with Crippen LogP contribution in [0, 0.1) is 13.8 Å². The molecule has 0 unspecified atom stereocenters. The molecule has 0 radical (unpaired) electrons. The first-order valence-electron chi connectivity index (χ1n) is 6.98. The van der Waals surface area contributed by atoms with Crippen molar-refractivity contribution in [1.82, 2.24) is 10.3 Å². The zero-order chi connectivity index (χ0) is 15.5. The van der Waals surface area contributed by atoms with Gasteiger partial charge in [0.25, 0.3) is 5.91 Å². The van der Waals surface area contributed by atoms with E-state index in [1.807, 2.05) is 55.6 Å². The zero-order valence-corrected chi connectivity index (χ0v) is 13.2. The van der Waals surface area contributed by atoms with Crippen LogP contribution in [0.3, 0.4) is 0 Å². The molecule has 0 saturated carbocycles. The van der Waals surface area contributed by atoms with Crippen molar-refractivity contribution in [3.63, 3.8) is 0 Å². The van der Waals surface area contributed by atoms with Crippen LogP contribution in [0.4, 0.5) is 0 Å². The number of hydrogen-bond donors (Lipinski definition) is 1. The predicted molar refractivity (Wildman–Crippen MR) is 86.9 cm³/mol. The lowest BCUT2D eigenvalue weighted by Gasteiger charge is -2.05. The number of carbonyl (C=O) groups is 1. The van der Waals surface area contributed by atoms with Crippen LogP contribution >= 0.6 is 11.3 Å². The first-order chi connectivity index (χ1) is 10.6. The first kappa shape index (κ1) is 14.5. The normalized spacial score (nSPS) is 10.6. The minimum Gasteiger partial charge on any atom is -0.458 e. The van der Waals surface area contributed by atoms with Gasteiger partial charge in [-0.05, 0) is 37.6 Å². The van der Waals surface area contributed by atoms with Gasteiger partial charge >= 0.3 is 0 Å². The Hall–Kier alpha value is -2.40. The predicted octanol–water partition coefficient (Wildman–Crippen LogP) is 3.95. The maximum atomic E-state index is 12.2. The number of nitrogens with one attached hydrogen (secondary N) is 1. The fourth-order valence-electron chi connectivity index (χ4n) is 2.18. The number of aryl methyl sites for hydroxylation is 2. The third-order valence-electron chi connectivity index (χ3n) is 3.35. The number of amides is 1. The molecule has 0 aliphatic carbocycles. The molecule has 1 N–H and O–H groups in total. The van der Waals surface area contributed by atoms with Crippen LogP contribution in [-0.4, -0.2) is 10.9 Å². The average Bonchev–Trinajstić information content (AvgIpc) is 3.14. The van der Waals surface area contributed by atoms with Crippen LogP contribution in [0.1, 0.15) is 26.7 Å². The largest absolute Gasteiger partial charge is 0.458 e. The number of thiazole rings is 1. The van der Waals surface area contributed by atoms with Crippen molar-refractivity contribution in [1.29, 1.82) is 0 Å². The highest BCUT2D eigenvalue weighted by Crippen LogP contribution is 2.23. The molecule has 0 atom stereocenters. The third-order valence-corrected chi connectivity index (χ3v) is 4.12. The van der Waals surface area contributed by atoms with Gasteiger partial charge in [-0.25, -0.2) is 4.98 Å². The summed E-state index contributed by atoms with van der Waals surface area (Å²) in [7, 11) is 0. The Morgan fingerprint density at radius 3 is 2.77 bits per heavy atom. The highest BCUT2D eigenvalue weighted by Gasteiger charge is 2.11. The molecular weight excluding hydrogens is 296 g/mol. The fraction of sp³-hybridized carbons (Fsp3) is 0.176. The van der Waals surface area contributed by atoms with E-state index >= 15 is 0 Å². The standard InChI is InChI=1S/C17H16N2O2S/c1-11-5-3-4-6-14(11)17(20)18-9-13-7-8-16(21-13)15-10-22-12(2)19-15/h3-8,10H,9H2,1-2H3,(H,18,20). The van der Waals surface area contributed by atoms with E-state index in [2.05, 4.69) is 10.3 Å². The van der Waals surface area contributed by atoms with Crippen LogP contribution in [0.5, 0.6) is 0 Å². The molecule has 1 amide bonds. The minimum absolute atomic E-state index is 0.0967. The van der Waals surface area contributed by atoms with Gasteiger partial charge in [0.2, 0.25) is 0 Å². The monoisotopic (exact) mass is 312 g/mol. The number of carbonyl (C=O) groups excluding carboxylic acids is 1. The molecule has 1 aromatic carbocycles. The first-order valence-corrected chi connectivity index (χ1v) is 7.86. The second kappa shape index (κ2) is 6.15. The number of nitrogens with zero attached hydrogens (tertiary/aromatic N) is 1. The summed E-state index contributed by atoms with van der Waals surface area (Å²) in [5.74, 6) is 1.34. The molecule has 0 aliphatic heterocycles. The molecule has 0 fully saturated rings. The van der Waals surface area contributed by atoms with Gasteiger partial charge in [0.05, 0.1) is 11.6 Å². The van der Waals surface area contributed by atoms with E-state index in [-0.39, 0.29) is 5.91 Å². The molecule has 0 spiro atoms. The summed E-state index contributed by atoms with van der Waals surface area (Å²) in [5.41, 5.74) is 2.47. The lowest BCUT2D eigenvalue weighted by atomic mass is 10.1. The topological polar surface area (TPSA) is 55.1 Å². The summed E-state index contributed by atoms with van der Waals surface area (Å²) in [4.78, 5) is 16.5. The minimum atomic E-state index is -0.0967. The number of aromatic nitrogens is 1. The van der Waals surface area contributed by atoms with E-state index in [4.69, 9.17) is 4.42 Å². The van der Waals surface area contributed by atoms with E-state index in [0.717, 1.165) is 22.0 Å². The van der Waals surface area contributed by atoms with Crippen molar-refractivity contribution in [3.8, 4) is 11.5 Å². The summed E-state index contributed by atoms with van der Waals surface area (Å²) in [6.07, 6.45) is 0. The molecule has 0 bridgehead atoms. The van der Waals surface area contributed by atoms with Crippen LogP contribution in [0.25, 0.3) is 11.5 Å². The molecule has 3 rings (SSSR count). The summed E-state index contributed by atoms with van der Waals surface area (Å²) < 4.78 is 5.73. The molecule has 0 saturated heterocycles. The Morgan fingerprint density at radius 1 is 1.23 bits per heavy atom. The highest BCUT2D eigenvalue weighted by molar-refractivity contribution is 7.09. The molecule has 2 heterocycles. The Kier molecular flexibility index (Phi) is 4.06. The average molecular weight is 312 g/mol. The quantitative estimate of drug-likeness (QED) is 0.793. The number of furan rings is 1. The molecule has 22 heavy (non-hydrogen) atoms. The van der Waals surface area contributed by atoms with Crippen molar-refractivity contribution >= 4 is 17.2 Å².